The summed E-state index contributed by atoms with van der Waals surface area (Å²) in [5, 5.41) is 2.66. The second kappa shape index (κ2) is 8.75. The highest BCUT2D eigenvalue weighted by Gasteiger charge is 2.21. The van der Waals surface area contributed by atoms with Gasteiger partial charge in [-0.2, -0.15) is 8.42 Å². The summed E-state index contributed by atoms with van der Waals surface area (Å²) in [5.41, 5.74) is 0.880. The Kier molecular flexibility index (Phi) is 7.34. The van der Waals surface area contributed by atoms with Crippen LogP contribution in [-0.4, -0.2) is 33.4 Å². The molecule has 0 aliphatic heterocycles. The Bertz CT molecular complexity index is 559. The van der Waals surface area contributed by atoms with Gasteiger partial charge in [-0.1, -0.05) is 50.6 Å². The van der Waals surface area contributed by atoms with Crippen molar-refractivity contribution in [3.8, 4) is 0 Å². The van der Waals surface area contributed by atoms with Gasteiger partial charge in [0, 0.05) is 0 Å². The number of hydrogen-bond acceptors (Lipinski definition) is 5. The van der Waals surface area contributed by atoms with Crippen molar-refractivity contribution < 1.29 is 22.1 Å². The summed E-state index contributed by atoms with van der Waals surface area (Å²) in [6.07, 6.45) is 1.16. The van der Waals surface area contributed by atoms with E-state index < -0.39 is 22.3 Å². The van der Waals surface area contributed by atoms with Crippen LogP contribution in [0.4, 0.5) is 4.79 Å². The third-order valence-corrected chi connectivity index (χ3v) is 3.87. The van der Waals surface area contributed by atoms with Gasteiger partial charge in [0.25, 0.3) is 10.1 Å². The van der Waals surface area contributed by atoms with Crippen molar-refractivity contribution in [3.63, 3.8) is 0 Å². The fourth-order valence-electron chi connectivity index (χ4n) is 1.75. The minimum Gasteiger partial charge on any atom is -0.445 e. The zero-order chi connectivity index (χ0) is 16.6. The lowest BCUT2D eigenvalue weighted by molar-refractivity contribution is 0.125. The van der Waals surface area contributed by atoms with Gasteiger partial charge in [-0.25, -0.2) is 4.79 Å². The van der Waals surface area contributed by atoms with Gasteiger partial charge in [0.05, 0.1) is 18.9 Å². The zero-order valence-electron chi connectivity index (χ0n) is 13.1. The number of ether oxygens (including phenoxy) is 1. The SMILES string of the molecule is CCC(C)[C@@H](COS(C)(=O)=O)NC(=O)OCc1ccccc1. The maximum atomic E-state index is 11.8. The predicted octanol–water partition coefficient (Wildman–Crippen LogP) is 2.30. The molecule has 0 saturated heterocycles. The van der Waals surface area contributed by atoms with Gasteiger partial charge >= 0.3 is 6.09 Å². The van der Waals surface area contributed by atoms with Gasteiger partial charge in [-0.3, -0.25) is 4.18 Å². The number of rotatable bonds is 8. The molecule has 7 heteroatoms. The molecular weight excluding hydrogens is 306 g/mol. The topological polar surface area (TPSA) is 81.7 Å². The molecule has 2 atom stereocenters. The van der Waals surface area contributed by atoms with Crippen molar-refractivity contribution >= 4 is 16.2 Å². The number of nitrogens with one attached hydrogen (secondary N) is 1. The maximum Gasteiger partial charge on any atom is 0.407 e. The van der Waals surface area contributed by atoms with E-state index in [4.69, 9.17) is 8.92 Å². The average Bonchev–Trinajstić information content (AvgIpc) is 2.48. The van der Waals surface area contributed by atoms with E-state index in [9.17, 15) is 13.2 Å². The fourth-order valence-corrected chi connectivity index (χ4v) is 2.14. The van der Waals surface area contributed by atoms with Gasteiger partial charge in [-0.05, 0) is 11.5 Å². The summed E-state index contributed by atoms with van der Waals surface area (Å²) < 4.78 is 32.1. The van der Waals surface area contributed by atoms with Crippen LogP contribution in [-0.2, 0) is 25.6 Å². The molecule has 6 nitrogen and oxygen atoms in total. The minimum absolute atomic E-state index is 0.0611. The molecule has 1 rings (SSSR count). The van der Waals surface area contributed by atoms with E-state index in [2.05, 4.69) is 5.32 Å². The van der Waals surface area contributed by atoms with E-state index >= 15 is 0 Å². The Morgan fingerprint density at radius 2 is 1.91 bits per heavy atom. The maximum absolute atomic E-state index is 11.8. The molecule has 1 unspecified atom stereocenters. The first-order valence-corrected chi connectivity index (χ1v) is 8.95. The molecule has 22 heavy (non-hydrogen) atoms. The average molecular weight is 329 g/mol. The summed E-state index contributed by atoms with van der Waals surface area (Å²) in [5.74, 6) is 0.0611. The van der Waals surface area contributed by atoms with Crippen LogP contribution < -0.4 is 5.32 Å². The molecule has 0 heterocycles. The smallest absolute Gasteiger partial charge is 0.407 e. The lowest BCUT2D eigenvalue weighted by atomic mass is 10.0. The van der Waals surface area contributed by atoms with E-state index in [1.165, 1.54) is 0 Å². The summed E-state index contributed by atoms with van der Waals surface area (Å²) in [6.45, 7) is 3.92. The Balaban J connectivity index is 2.51. The molecular formula is C15H23NO5S. The Morgan fingerprint density at radius 3 is 2.45 bits per heavy atom. The Morgan fingerprint density at radius 1 is 1.27 bits per heavy atom. The van der Waals surface area contributed by atoms with E-state index in [0.29, 0.717) is 0 Å². The number of carbonyl (C=O) groups excluding carboxylic acids is 1. The van der Waals surface area contributed by atoms with Gasteiger partial charge in [-0.15, -0.1) is 0 Å². The second-order valence-electron chi connectivity index (χ2n) is 5.19. The predicted molar refractivity (Wildman–Crippen MR) is 83.8 cm³/mol. The van der Waals surface area contributed by atoms with E-state index in [1.54, 1.807) is 0 Å². The summed E-state index contributed by atoms with van der Waals surface area (Å²) in [7, 11) is -3.54. The molecule has 1 aromatic carbocycles. The first-order chi connectivity index (χ1) is 10.3. The number of carbonyl (C=O) groups is 1. The molecule has 0 aliphatic carbocycles. The highest BCUT2D eigenvalue weighted by molar-refractivity contribution is 7.85. The molecule has 0 radical (unpaired) electrons. The number of hydrogen-bond donors (Lipinski definition) is 1. The van der Waals surface area contributed by atoms with E-state index in [0.717, 1.165) is 18.2 Å². The third kappa shape index (κ3) is 7.42. The molecule has 0 aliphatic rings. The molecule has 0 spiro atoms. The van der Waals surface area contributed by atoms with Crippen LogP contribution in [0.2, 0.25) is 0 Å². The molecule has 1 aromatic rings. The van der Waals surface area contributed by atoms with Crippen LogP contribution >= 0.6 is 0 Å². The van der Waals surface area contributed by atoms with Crippen molar-refractivity contribution in [3.05, 3.63) is 35.9 Å². The number of amides is 1. The van der Waals surface area contributed by atoms with Crippen molar-refractivity contribution in [1.82, 2.24) is 5.32 Å². The van der Waals surface area contributed by atoms with Crippen LogP contribution in [0.1, 0.15) is 25.8 Å². The van der Waals surface area contributed by atoms with Crippen LogP contribution in [0.25, 0.3) is 0 Å². The van der Waals surface area contributed by atoms with Crippen molar-refractivity contribution in [2.75, 3.05) is 12.9 Å². The number of alkyl carbamates (subject to hydrolysis) is 1. The largest absolute Gasteiger partial charge is 0.445 e. The second-order valence-corrected chi connectivity index (χ2v) is 6.83. The first-order valence-electron chi connectivity index (χ1n) is 7.13. The fraction of sp³-hybridized carbons (Fsp3) is 0.533. The van der Waals surface area contributed by atoms with Crippen LogP contribution in [0.3, 0.4) is 0 Å². The minimum atomic E-state index is -3.54. The lowest BCUT2D eigenvalue weighted by Crippen LogP contribution is -2.43. The summed E-state index contributed by atoms with van der Waals surface area (Å²) in [6, 6.07) is 8.88. The van der Waals surface area contributed by atoms with Gasteiger partial charge in [0.1, 0.15) is 6.61 Å². The zero-order valence-corrected chi connectivity index (χ0v) is 13.9. The molecule has 1 amide bonds. The molecule has 124 valence electrons. The van der Waals surface area contributed by atoms with E-state index in [1.807, 2.05) is 44.2 Å². The van der Waals surface area contributed by atoms with Gasteiger partial charge in [0.2, 0.25) is 0 Å². The summed E-state index contributed by atoms with van der Waals surface area (Å²) in [4.78, 5) is 11.8. The molecule has 0 fully saturated rings. The molecule has 0 saturated carbocycles. The van der Waals surface area contributed by atoms with E-state index in [-0.39, 0.29) is 19.1 Å². The summed E-state index contributed by atoms with van der Waals surface area (Å²) >= 11 is 0. The van der Waals surface area contributed by atoms with Crippen molar-refractivity contribution in [2.24, 2.45) is 5.92 Å². The monoisotopic (exact) mass is 329 g/mol. The van der Waals surface area contributed by atoms with Crippen LogP contribution in [0.15, 0.2) is 30.3 Å². The lowest BCUT2D eigenvalue weighted by Gasteiger charge is -2.23. The standard InChI is InChI=1S/C15H23NO5S/c1-4-12(2)14(11-21-22(3,18)19)16-15(17)20-10-13-8-6-5-7-9-13/h5-9,12,14H,4,10-11H2,1-3H3,(H,16,17)/t12?,14-/m1/s1. The highest BCUT2D eigenvalue weighted by atomic mass is 32.2. The van der Waals surface area contributed by atoms with Crippen molar-refractivity contribution in [2.45, 2.75) is 32.9 Å². The van der Waals surface area contributed by atoms with Crippen LogP contribution in [0, 0.1) is 5.92 Å². The van der Waals surface area contributed by atoms with Gasteiger partial charge in [0.15, 0.2) is 0 Å². The normalized spacial score (nSPS) is 14.1. The van der Waals surface area contributed by atoms with Crippen molar-refractivity contribution in [1.29, 1.82) is 0 Å². The highest BCUT2D eigenvalue weighted by Crippen LogP contribution is 2.10. The molecule has 1 N–H and O–H groups in total. The quantitative estimate of drug-likeness (QED) is 0.740. The molecule has 0 bridgehead atoms. The van der Waals surface area contributed by atoms with Crippen LogP contribution in [0.5, 0.6) is 0 Å². The number of benzene rings is 1. The Hall–Kier alpha value is -1.60. The third-order valence-electron chi connectivity index (χ3n) is 3.31. The Labute approximate surface area is 131 Å². The van der Waals surface area contributed by atoms with Gasteiger partial charge < -0.3 is 10.1 Å². The first kappa shape index (κ1) is 18.4. The molecule has 0 aromatic heterocycles.